The van der Waals surface area contributed by atoms with E-state index in [4.69, 9.17) is 27.9 Å². The number of nitrogens with one attached hydrogen (secondary N) is 1. The highest BCUT2D eigenvalue weighted by Gasteiger charge is 2.08. The Morgan fingerprint density at radius 3 is 2.58 bits per heavy atom. The highest BCUT2D eigenvalue weighted by Crippen LogP contribution is 2.33. The van der Waals surface area contributed by atoms with Crippen molar-refractivity contribution in [2.45, 2.75) is 6.54 Å². The number of benzene rings is 2. The maximum atomic E-state index is 6.05. The van der Waals surface area contributed by atoms with Gasteiger partial charge in [0.2, 0.25) is 0 Å². The number of hydrogen-bond acceptors (Lipinski definition) is 2. The van der Waals surface area contributed by atoms with Crippen molar-refractivity contribution in [3.05, 3.63) is 52.0 Å². The predicted molar refractivity (Wildman–Crippen MR) is 81.2 cm³/mol. The second-order valence-corrected chi connectivity index (χ2v) is 5.02. The van der Waals surface area contributed by atoms with Gasteiger partial charge in [-0.3, -0.25) is 0 Å². The van der Waals surface area contributed by atoms with Crippen LogP contribution >= 0.6 is 23.2 Å². The second kappa shape index (κ2) is 6.29. The van der Waals surface area contributed by atoms with E-state index in [0.717, 1.165) is 28.3 Å². The lowest BCUT2D eigenvalue weighted by atomic mass is 9.99. The molecule has 4 heteroatoms. The van der Waals surface area contributed by atoms with Gasteiger partial charge in [-0.15, -0.1) is 0 Å². The summed E-state index contributed by atoms with van der Waals surface area (Å²) in [5.74, 6) is 0.671. The average Bonchev–Trinajstić information content (AvgIpc) is 2.40. The van der Waals surface area contributed by atoms with Crippen LogP contribution in [0.5, 0.6) is 5.75 Å². The summed E-state index contributed by atoms with van der Waals surface area (Å²) >= 11 is 12.1. The molecular formula is C15H15Cl2NO. The first-order chi connectivity index (χ1) is 9.15. The minimum atomic E-state index is 0.607. The molecule has 0 aromatic heterocycles. The molecule has 1 N–H and O–H groups in total. The van der Waals surface area contributed by atoms with E-state index in [1.807, 2.05) is 43.4 Å². The molecule has 0 bridgehead atoms. The van der Waals surface area contributed by atoms with Crippen LogP contribution in [0.15, 0.2) is 36.4 Å². The Bertz CT molecular complexity index is 584. The third-order valence-electron chi connectivity index (χ3n) is 2.90. The number of methoxy groups -OCH3 is 1. The smallest absolute Gasteiger partial charge is 0.138 e. The SMILES string of the molecule is CNCc1cc(Cl)ccc1-c1ccc(Cl)c(OC)c1. The largest absolute Gasteiger partial charge is 0.495 e. The summed E-state index contributed by atoms with van der Waals surface area (Å²) in [6, 6.07) is 11.6. The summed E-state index contributed by atoms with van der Waals surface area (Å²) in [6.07, 6.45) is 0. The Labute approximate surface area is 123 Å². The minimum absolute atomic E-state index is 0.607. The molecule has 0 atom stereocenters. The molecule has 2 aromatic rings. The third kappa shape index (κ3) is 3.21. The van der Waals surface area contributed by atoms with Crippen LogP contribution in [0.3, 0.4) is 0 Å². The first kappa shape index (κ1) is 14.2. The highest BCUT2D eigenvalue weighted by molar-refractivity contribution is 6.32. The fourth-order valence-electron chi connectivity index (χ4n) is 2.01. The van der Waals surface area contributed by atoms with Crippen LogP contribution in [0.25, 0.3) is 11.1 Å². The van der Waals surface area contributed by atoms with Crippen molar-refractivity contribution < 1.29 is 4.74 Å². The van der Waals surface area contributed by atoms with Gasteiger partial charge in [0.1, 0.15) is 5.75 Å². The summed E-state index contributed by atoms with van der Waals surface area (Å²) in [5.41, 5.74) is 3.32. The number of halogens is 2. The van der Waals surface area contributed by atoms with E-state index in [0.29, 0.717) is 10.8 Å². The Morgan fingerprint density at radius 2 is 1.89 bits per heavy atom. The molecule has 2 nitrogen and oxygen atoms in total. The molecule has 0 radical (unpaired) electrons. The zero-order valence-electron chi connectivity index (χ0n) is 10.8. The van der Waals surface area contributed by atoms with E-state index in [1.54, 1.807) is 7.11 Å². The van der Waals surface area contributed by atoms with Gasteiger partial charge in [0.25, 0.3) is 0 Å². The standard InChI is InChI=1S/C15H15Cl2NO/c1-18-9-11-7-12(16)4-5-13(11)10-3-6-14(17)15(8-10)19-2/h3-8,18H,9H2,1-2H3. The van der Waals surface area contributed by atoms with Gasteiger partial charge < -0.3 is 10.1 Å². The topological polar surface area (TPSA) is 21.3 Å². The lowest BCUT2D eigenvalue weighted by Gasteiger charge is -2.12. The molecule has 0 unspecified atom stereocenters. The summed E-state index contributed by atoms with van der Waals surface area (Å²) in [4.78, 5) is 0. The second-order valence-electron chi connectivity index (χ2n) is 4.18. The number of hydrogen-bond donors (Lipinski definition) is 1. The summed E-state index contributed by atoms with van der Waals surface area (Å²) < 4.78 is 5.26. The van der Waals surface area contributed by atoms with E-state index in [2.05, 4.69) is 5.32 Å². The monoisotopic (exact) mass is 295 g/mol. The Balaban J connectivity index is 2.51. The first-order valence-electron chi connectivity index (χ1n) is 5.92. The molecule has 0 spiro atoms. The van der Waals surface area contributed by atoms with Crippen LogP contribution in [-0.4, -0.2) is 14.2 Å². The maximum Gasteiger partial charge on any atom is 0.138 e. The van der Waals surface area contributed by atoms with Crippen LogP contribution in [0.1, 0.15) is 5.56 Å². The van der Waals surface area contributed by atoms with Crippen molar-refractivity contribution in [1.82, 2.24) is 5.32 Å². The minimum Gasteiger partial charge on any atom is -0.495 e. The van der Waals surface area contributed by atoms with Crippen molar-refractivity contribution in [2.75, 3.05) is 14.2 Å². The average molecular weight is 296 g/mol. The molecular weight excluding hydrogens is 281 g/mol. The Kier molecular flexibility index (Phi) is 4.70. The zero-order chi connectivity index (χ0) is 13.8. The molecule has 0 aliphatic heterocycles. The van der Waals surface area contributed by atoms with E-state index in [1.165, 1.54) is 0 Å². The van der Waals surface area contributed by atoms with E-state index in [-0.39, 0.29) is 0 Å². The van der Waals surface area contributed by atoms with Crippen LogP contribution in [0.4, 0.5) is 0 Å². The van der Waals surface area contributed by atoms with Gasteiger partial charge in [0.05, 0.1) is 12.1 Å². The predicted octanol–water partition coefficient (Wildman–Crippen LogP) is 4.39. The first-order valence-corrected chi connectivity index (χ1v) is 6.68. The molecule has 2 rings (SSSR count). The molecule has 2 aromatic carbocycles. The van der Waals surface area contributed by atoms with Crippen LogP contribution in [0, 0.1) is 0 Å². The van der Waals surface area contributed by atoms with Gasteiger partial charge >= 0.3 is 0 Å². The van der Waals surface area contributed by atoms with Crippen molar-refractivity contribution in [3.63, 3.8) is 0 Å². The lowest BCUT2D eigenvalue weighted by Crippen LogP contribution is -2.06. The summed E-state index contributed by atoms with van der Waals surface area (Å²) in [6.45, 7) is 0.751. The van der Waals surface area contributed by atoms with Gasteiger partial charge in [0.15, 0.2) is 0 Å². The van der Waals surface area contributed by atoms with Crippen molar-refractivity contribution >= 4 is 23.2 Å². The van der Waals surface area contributed by atoms with E-state index in [9.17, 15) is 0 Å². The third-order valence-corrected chi connectivity index (χ3v) is 3.44. The zero-order valence-corrected chi connectivity index (χ0v) is 12.3. The normalized spacial score (nSPS) is 10.5. The maximum absolute atomic E-state index is 6.05. The molecule has 0 amide bonds. The van der Waals surface area contributed by atoms with Crippen LogP contribution < -0.4 is 10.1 Å². The lowest BCUT2D eigenvalue weighted by molar-refractivity contribution is 0.415. The van der Waals surface area contributed by atoms with Crippen LogP contribution in [0.2, 0.25) is 10.0 Å². The van der Waals surface area contributed by atoms with Crippen LogP contribution in [-0.2, 0) is 6.54 Å². The molecule has 0 saturated heterocycles. The van der Waals surface area contributed by atoms with Crippen molar-refractivity contribution in [2.24, 2.45) is 0 Å². The molecule has 0 aliphatic rings. The number of ether oxygens (including phenoxy) is 1. The van der Waals surface area contributed by atoms with Gasteiger partial charge in [-0.1, -0.05) is 35.3 Å². The fraction of sp³-hybridized carbons (Fsp3) is 0.200. The molecule has 0 fully saturated rings. The van der Waals surface area contributed by atoms with Gasteiger partial charge in [-0.25, -0.2) is 0 Å². The van der Waals surface area contributed by atoms with Crippen molar-refractivity contribution in [1.29, 1.82) is 0 Å². The molecule has 100 valence electrons. The quantitative estimate of drug-likeness (QED) is 0.903. The molecule has 0 heterocycles. The fourth-order valence-corrected chi connectivity index (χ4v) is 2.40. The van der Waals surface area contributed by atoms with E-state index >= 15 is 0 Å². The highest BCUT2D eigenvalue weighted by atomic mass is 35.5. The molecule has 19 heavy (non-hydrogen) atoms. The van der Waals surface area contributed by atoms with Crippen molar-refractivity contribution in [3.8, 4) is 16.9 Å². The Hall–Kier alpha value is -1.22. The van der Waals surface area contributed by atoms with Gasteiger partial charge in [-0.05, 0) is 48.0 Å². The summed E-state index contributed by atoms with van der Waals surface area (Å²) in [7, 11) is 3.52. The summed E-state index contributed by atoms with van der Waals surface area (Å²) in [5, 5.41) is 4.48. The Morgan fingerprint density at radius 1 is 1.11 bits per heavy atom. The van der Waals surface area contributed by atoms with Gasteiger partial charge in [-0.2, -0.15) is 0 Å². The van der Waals surface area contributed by atoms with Gasteiger partial charge in [0, 0.05) is 11.6 Å². The molecule has 0 aliphatic carbocycles. The number of rotatable bonds is 4. The molecule has 0 saturated carbocycles. The van der Waals surface area contributed by atoms with E-state index < -0.39 is 0 Å².